The Kier molecular flexibility index (Phi) is 4.25. The van der Waals surface area contributed by atoms with Crippen LogP contribution in [-0.2, 0) is 11.3 Å². The molecule has 5 nitrogen and oxygen atoms in total. The van der Waals surface area contributed by atoms with Gasteiger partial charge >= 0.3 is 5.76 Å². The highest BCUT2D eigenvalue weighted by Gasteiger charge is 2.18. The summed E-state index contributed by atoms with van der Waals surface area (Å²) in [6, 6.07) is 13.1. The van der Waals surface area contributed by atoms with Gasteiger partial charge in [0.05, 0.1) is 5.52 Å². The summed E-state index contributed by atoms with van der Waals surface area (Å²) in [6.45, 7) is 6.42. The Hall–Kier alpha value is -2.82. The van der Waals surface area contributed by atoms with Crippen LogP contribution >= 0.6 is 0 Å². The van der Waals surface area contributed by atoms with Crippen LogP contribution in [0.25, 0.3) is 11.1 Å². The number of aromatic nitrogens is 1. The first-order chi connectivity index (χ1) is 11.5. The second-order valence-corrected chi connectivity index (χ2v) is 5.91. The first-order valence-corrected chi connectivity index (χ1v) is 7.96. The number of fused-ring (bicyclic) bond motifs is 1. The number of para-hydroxylation sites is 2. The minimum Gasteiger partial charge on any atom is -0.408 e. The molecule has 1 heterocycles. The zero-order valence-corrected chi connectivity index (χ0v) is 14.1. The molecular formula is C19H20N2O3. The van der Waals surface area contributed by atoms with Crippen molar-refractivity contribution in [3.05, 3.63) is 64.1 Å². The third-order valence-electron chi connectivity index (χ3n) is 4.00. The van der Waals surface area contributed by atoms with Gasteiger partial charge in [0.1, 0.15) is 6.54 Å². The molecule has 0 atom stereocenters. The lowest BCUT2D eigenvalue weighted by molar-refractivity contribution is -0.119. The van der Waals surface area contributed by atoms with Crippen LogP contribution in [0.5, 0.6) is 0 Å². The van der Waals surface area contributed by atoms with Crippen molar-refractivity contribution in [2.45, 2.75) is 27.3 Å². The van der Waals surface area contributed by atoms with Crippen molar-refractivity contribution < 1.29 is 9.21 Å². The molecule has 0 bridgehead atoms. The van der Waals surface area contributed by atoms with Gasteiger partial charge < -0.3 is 9.32 Å². The van der Waals surface area contributed by atoms with E-state index >= 15 is 0 Å². The highest BCUT2D eigenvalue weighted by Crippen LogP contribution is 2.20. The molecule has 0 aliphatic heterocycles. The van der Waals surface area contributed by atoms with Crippen molar-refractivity contribution in [2.75, 3.05) is 11.4 Å². The molecule has 124 valence electrons. The Morgan fingerprint density at radius 3 is 2.46 bits per heavy atom. The summed E-state index contributed by atoms with van der Waals surface area (Å²) in [7, 11) is 0. The Morgan fingerprint density at radius 2 is 1.79 bits per heavy atom. The molecule has 0 aliphatic rings. The third-order valence-corrected chi connectivity index (χ3v) is 4.00. The predicted molar refractivity (Wildman–Crippen MR) is 94.4 cm³/mol. The monoisotopic (exact) mass is 324 g/mol. The fourth-order valence-electron chi connectivity index (χ4n) is 2.99. The number of nitrogens with zero attached hydrogens (tertiary/aromatic N) is 2. The molecule has 3 rings (SSSR count). The second-order valence-electron chi connectivity index (χ2n) is 5.91. The molecule has 0 N–H and O–H groups in total. The number of aryl methyl sites for hydroxylation is 2. The van der Waals surface area contributed by atoms with E-state index in [4.69, 9.17) is 4.42 Å². The van der Waals surface area contributed by atoms with Crippen LogP contribution in [0.2, 0.25) is 0 Å². The van der Waals surface area contributed by atoms with Gasteiger partial charge in [-0.15, -0.1) is 0 Å². The fourth-order valence-corrected chi connectivity index (χ4v) is 2.99. The number of amides is 1. The average molecular weight is 324 g/mol. The first kappa shape index (κ1) is 16.1. The smallest absolute Gasteiger partial charge is 0.408 e. The lowest BCUT2D eigenvalue weighted by atomic mass is 10.1. The molecule has 2 aromatic carbocycles. The Labute approximate surface area is 140 Å². The van der Waals surface area contributed by atoms with Crippen LogP contribution in [0.1, 0.15) is 18.1 Å². The second kappa shape index (κ2) is 6.35. The number of benzene rings is 2. The van der Waals surface area contributed by atoms with Gasteiger partial charge in [0.2, 0.25) is 5.91 Å². The Balaban J connectivity index is 1.94. The normalized spacial score (nSPS) is 11.0. The Morgan fingerprint density at radius 1 is 1.12 bits per heavy atom. The van der Waals surface area contributed by atoms with Gasteiger partial charge in [-0.1, -0.05) is 18.2 Å². The summed E-state index contributed by atoms with van der Waals surface area (Å²) in [6.07, 6.45) is 0. The van der Waals surface area contributed by atoms with E-state index in [2.05, 4.69) is 6.07 Å². The largest absolute Gasteiger partial charge is 0.420 e. The van der Waals surface area contributed by atoms with Crippen molar-refractivity contribution in [2.24, 2.45) is 0 Å². The number of carbonyl (C=O) groups is 1. The van der Waals surface area contributed by atoms with Gasteiger partial charge in [-0.25, -0.2) is 4.79 Å². The average Bonchev–Trinajstić information content (AvgIpc) is 2.83. The SMILES string of the molecule is CCN(C(=O)Cn1c(=O)oc2ccccc21)c1cc(C)cc(C)c1. The highest BCUT2D eigenvalue weighted by molar-refractivity contribution is 5.94. The molecular weight excluding hydrogens is 304 g/mol. The predicted octanol–water partition coefficient (Wildman–Crippen LogP) is 3.26. The maximum Gasteiger partial charge on any atom is 0.420 e. The van der Waals surface area contributed by atoms with Crippen molar-refractivity contribution in [1.82, 2.24) is 4.57 Å². The zero-order valence-electron chi connectivity index (χ0n) is 14.1. The van der Waals surface area contributed by atoms with E-state index in [1.807, 2.05) is 39.0 Å². The van der Waals surface area contributed by atoms with Crippen molar-refractivity contribution >= 4 is 22.7 Å². The van der Waals surface area contributed by atoms with Crippen LogP contribution in [-0.4, -0.2) is 17.0 Å². The number of oxazole rings is 1. The first-order valence-electron chi connectivity index (χ1n) is 7.96. The summed E-state index contributed by atoms with van der Waals surface area (Å²) in [5.74, 6) is -0.655. The lowest BCUT2D eigenvalue weighted by Crippen LogP contribution is -2.35. The molecule has 3 aromatic rings. The van der Waals surface area contributed by atoms with E-state index in [0.29, 0.717) is 17.6 Å². The molecule has 0 saturated heterocycles. The Bertz CT molecular complexity index is 932. The topological polar surface area (TPSA) is 55.5 Å². The molecule has 0 saturated carbocycles. The minimum absolute atomic E-state index is 0.0450. The highest BCUT2D eigenvalue weighted by atomic mass is 16.4. The maximum absolute atomic E-state index is 12.8. The molecule has 1 amide bonds. The number of carbonyl (C=O) groups excluding carboxylic acids is 1. The maximum atomic E-state index is 12.8. The molecule has 0 spiro atoms. The lowest BCUT2D eigenvalue weighted by Gasteiger charge is -2.22. The van der Waals surface area contributed by atoms with Crippen molar-refractivity contribution in [1.29, 1.82) is 0 Å². The van der Waals surface area contributed by atoms with E-state index in [-0.39, 0.29) is 12.5 Å². The van der Waals surface area contributed by atoms with E-state index in [1.54, 1.807) is 23.1 Å². The summed E-state index contributed by atoms with van der Waals surface area (Å²) in [5.41, 5.74) is 4.17. The third kappa shape index (κ3) is 2.97. The molecule has 0 radical (unpaired) electrons. The summed E-state index contributed by atoms with van der Waals surface area (Å²) >= 11 is 0. The number of likely N-dealkylation sites (N-methyl/N-ethyl adjacent to an activating group) is 1. The van der Waals surface area contributed by atoms with Gasteiger partial charge in [-0.05, 0) is 56.2 Å². The van der Waals surface area contributed by atoms with Crippen molar-refractivity contribution in [3.8, 4) is 0 Å². The molecule has 0 fully saturated rings. The molecule has 0 unspecified atom stereocenters. The number of hydrogen-bond donors (Lipinski definition) is 0. The van der Waals surface area contributed by atoms with E-state index < -0.39 is 5.76 Å². The molecule has 5 heteroatoms. The number of rotatable bonds is 4. The van der Waals surface area contributed by atoms with Gasteiger partial charge in [-0.3, -0.25) is 9.36 Å². The van der Waals surface area contributed by atoms with Gasteiger partial charge in [-0.2, -0.15) is 0 Å². The minimum atomic E-state index is -0.513. The van der Waals surface area contributed by atoms with Crippen LogP contribution in [0.4, 0.5) is 5.69 Å². The summed E-state index contributed by atoms with van der Waals surface area (Å²) in [4.78, 5) is 26.5. The fraction of sp³-hybridized carbons (Fsp3) is 0.263. The summed E-state index contributed by atoms with van der Waals surface area (Å²) in [5, 5.41) is 0. The van der Waals surface area contributed by atoms with Gasteiger partial charge in [0, 0.05) is 12.2 Å². The summed E-state index contributed by atoms with van der Waals surface area (Å²) < 4.78 is 6.57. The molecule has 0 aliphatic carbocycles. The van der Waals surface area contributed by atoms with E-state index in [1.165, 1.54) is 4.57 Å². The van der Waals surface area contributed by atoms with E-state index in [0.717, 1.165) is 16.8 Å². The van der Waals surface area contributed by atoms with Crippen LogP contribution in [0, 0.1) is 13.8 Å². The van der Waals surface area contributed by atoms with E-state index in [9.17, 15) is 9.59 Å². The quantitative estimate of drug-likeness (QED) is 0.740. The molecule has 24 heavy (non-hydrogen) atoms. The molecule has 1 aromatic heterocycles. The number of anilines is 1. The van der Waals surface area contributed by atoms with Crippen LogP contribution in [0.3, 0.4) is 0 Å². The van der Waals surface area contributed by atoms with Crippen LogP contribution < -0.4 is 10.7 Å². The zero-order chi connectivity index (χ0) is 17.3. The van der Waals surface area contributed by atoms with Crippen molar-refractivity contribution in [3.63, 3.8) is 0 Å². The van der Waals surface area contributed by atoms with Gasteiger partial charge in [0.15, 0.2) is 5.58 Å². The van der Waals surface area contributed by atoms with Crippen LogP contribution in [0.15, 0.2) is 51.7 Å². The number of hydrogen-bond acceptors (Lipinski definition) is 3. The van der Waals surface area contributed by atoms with Gasteiger partial charge in [0.25, 0.3) is 0 Å². The standard InChI is InChI=1S/C19H20N2O3/c1-4-20(15-10-13(2)9-14(3)11-15)18(22)12-21-16-7-5-6-8-17(16)24-19(21)23/h5-11H,4,12H2,1-3H3.